The van der Waals surface area contributed by atoms with Crippen molar-refractivity contribution in [1.29, 1.82) is 0 Å². The summed E-state index contributed by atoms with van der Waals surface area (Å²) in [7, 11) is 0. The highest BCUT2D eigenvalue weighted by Crippen LogP contribution is 2.20. The highest BCUT2D eigenvalue weighted by atomic mass is 16.3. The van der Waals surface area contributed by atoms with Crippen LogP contribution >= 0.6 is 0 Å². The number of urea groups is 1. The lowest BCUT2D eigenvalue weighted by molar-refractivity contribution is 0.128. The monoisotopic (exact) mass is 308 g/mol. The second kappa shape index (κ2) is 8.03. The number of aromatic hydroxyl groups is 1. The molecule has 4 N–H and O–H groups in total. The average molecular weight is 308 g/mol. The number of nitrogens with one attached hydrogen (secondary N) is 2. The number of aliphatic hydroxyl groups excluding tert-OH is 1. The summed E-state index contributed by atoms with van der Waals surface area (Å²) in [5.74, 6) is 0.238. The maximum atomic E-state index is 11.9. The Morgan fingerprint density at radius 3 is 2.36 bits per heavy atom. The number of rotatable bonds is 7. The first kappa shape index (κ1) is 18.3. The molecule has 124 valence electrons. The van der Waals surface area contributed by atoms with Gasteiger partial charge in [0, 0.05) is 12.6 Å². The van der Waals surface area contributed by atoms with Gasteiger partial charge in [-0.2, -0.15) is 0 Å². The van der Waals surface area contributed by atoms with E-state index in [0.29, 0.717) is 19.4 Å². The first-order valence-corrected chi connectivity index (χ1v) is 7.68. The molecular formula is C17H28N2O3. The fourth-order valence-corrected chi connectivity index (χ4v) is 2.50. The SMILES string of the molecule is CC(O)CC(C)(C)CNC(=O)NC(C)Cc1ccc(O)cc1. The minimum Gasteiger partial charge on any atom is -0.508 e. The molecule has 0 bridgehead atoms. The second-order valence-electron chi connectivity index (χ2n) is 6.82. The predicted molar refractivity (Wildman–Crippen MR) is 87.9 cm³/mol. The van der Waals surface area contributed by atoms with Gasteiger partial charge in [-0.25, -0.2) is 4.79 Å². The zero-order valence-corrected chi connectivity index (χ0v) is 13.9. The Bertz CT molecular complexity index is 469. The second-order valence-corrected chi connectivity index (χ2v) is 6.82. The van der Waals surface area contributed by atoms with Crippen molar-refractivity contribution in [3.63, 3.8) is 0 Å². The van der Waals surface area contributed by atoms with E-state index >= 15 is 0 Å². The van der Waals surface area contributed by atoms with Gasteiger partial charge in [0.1, 0.15) is 5.75 Å². The van der Waals surface area contributed by atoms with Gasteiger partial charge in [0.15, 0.2) is 0 Å². The van der Waals surface area contributed by atoms with Crippen molar-refractivity contribution in [3.8, 4) is 5.75 Å². The number of benzene rings is 1. The van der Waals surface area contributed by atoms with Gasteiger partial charge >= 0.3 is 6.03 Å². The first-order valence-electron chi connectivity index (χ1n) is 7.68. The maximum absolute atomic E-state index is 11.9. The Hall–Kier alpha value is -1.75. The summed E-state index contributed by atoms with van der Waals surface area (Å²) >= 11 is 0. The van der Waals surface area contributed by atoms with Gasteiger partial charge in [-0.3, -0.25) is 0 Å². The molecular weight excluding hydrogens is 280 g/mol. The third kappa shape index (κ3) is 7.31. The van der Waals surface area contributed by atoms with E-state index in [1.165, 1.54) is 0 Å². The molecule has 1 rings (SSSR count). The highest BCUT2D eigenvalue weighted by Gasteiger charge is 2.21. The molecule has 2 unspecified atom stereocenters. The third-order valence-electron chi connectivity index (χ3n) is 3.43. The van der Waals surface area contributed by atoms with Crippen LogP contribution in [-0.4, -0.2) is 34.9 Å². The molecule has 22 heavy (non-hydrogen) atoms. The lowest BCUT2D eigenvalue weighted by Gasteiger charge is -2.26. The van der Waals surface area contributed by atoms with Crippen LogP contribution in [0.5, 0.6) is 5.75 Å². The quantitative estimate of drug-likeness (QED) is 0.624. The van der Waals surface area contributed by atoms with E-state index in [9.17, 15) is 15.0 Å². The average Bonchev–Trinajstić information content (AvgIpc) is 2.38. The molecule has 0 spiro atoms. The number of hydrogen-bond donors (Lipinski definition) is 4. The van der Waals surface area contributed by atoms with E-state index in [2.05, 4.69) is 10.6 Å². The summed E-state index contributed by atoms with van der Waals surface area (Å²) in [6, 6.07) is 6.75. The van der Waals surface area contributed by atoms with Crippen LogP contribution in [-0.2, 0) is 6.42 Å². The van der Waals surface area contributed by atoms with Gasteiger partial charge < -0.3 is 20.8 Å². The molecule has 0 saturated heterocycles. The summed E-state index contributed by atoms with van der Waals surface area (Å²) in [6.45, 7) is 8.23. The fourth-order valence-electron chi connectivity index (χ4n) is 2.50. The zero-order chi connectivity index (χ0) is 16.8. The third-order valence-corrected chi connectivity index (χ3v) is 3.43. The van der Waals surface area contributed by atoms with Gasteiger partial charge in [-0.15, -0.1) is 0 Å². The summed E-state index contributed by atoms with van der Waals surface area (Å²) < 4.78 is 0. The molecule has 0 aliphatic carbocycles. The van der Waals surface area contributed by atoms with Crippen LogP contribution in [0.3, 0.4) is 0 Å². The van der Waals surface area contributed by atoms with Crippen LogP contribution in [0.25, 0.3) is 0 Å². The predicted octanol–water partition coefficient (Wildman–Crippen LogP) is 2.42. The van der Waals surface area contributed by atoms with Crippen molar-refractivity contribution in [1.82, 2.24) is 10.6 Å². The lowest BCUT2D eigenvalue weighted by atomic mass is 9.87. The van der Waals surface area contributed by atoms with Gasteiger partial charge in [-0.1, -0.05) is 26.0 Å². The number of phenols is 1. The van der Waals surface area contributed by atoms with Crippen LogP contribution in [0.4, 0.5) is 4.79 Å². The number of aliphatic hydroxyl groups is 1. The number of carbonyl (C=O) groups is 1. The minimum absolute atomic E-state index is 0.00980. The van der Waals surface area contributed by atoms with Gasteiger partial charge in [0.05, 0.1) is 6.10 Å². The summed E-state index contributed by atoms with van der Waals surface area (Å²) in [5.41, 5.74) is 0.908. The van der Waals surface area contributed by atoms with Crippen molar-refractivity contribution in [2.45, 2.75) is 52.7 Å². The molecule has 1 aromatic rings. The summed E-state index contributed by atoms with van der Waals surface area (Å²) in [4.78, 5) is 11.9. The molecule has 0 aromatic heterocycles. The zero-order valence-electron chi connectivity index (χ0n) is 13.9. The van der Waals surface area contributed by atoms with Gasteiger partial charge in [-0.05, 0) is 49.8 Å². The minimum atomic E-state index is -0.381. The molecule has 2 amide bonds. The Labute approximate surface area is 132 Å². The Morgan fingerprint density at radius 1 is 1.23 bits per heavy atom. The van der Waals surface area contributed by atoms with Crippen molar-refractivity contribution in [2.75, 3.05) is 6.54 Å². The molecule has 0 aliphatic heterocycles. The Kier molecular flexibility index (Phi) is 6.68. The topological polar surface area (TPSA) is 81.6 Å². The van der Waals surface area contributed by atoms with E-state index < -0.39 is 0 Å². The van der Waals surface area contributed by atoms with Crippen LogP contribution in [0.15, 0.2) is 24.3 Å². The number of carbonyl (C=O) groups excluding carboxylic acids is 1. The number of hydrogen-bond acceptors (Lipinski definition) is 3. The van der Waals surface area contributed by atoms with Crippen LogP contribution in [0.1, 0.15) is 39.7 Å². The van der Waals surface area contributed by atoms with E-state index in [4.69, 9.17) is 0 Å². The smallest absolute Gasteiger partial charge is 0.315 e. The van der Waals surface area contributed by atoms with E-state index in [-0.39, 0.29) is 29.3 Å². The van der Waals surface area contributed by atoms with Crippen LogP contribution in [0.2, 0.25) is 0 Å². The highest BCUT2D eigenvalue weighted by molar-refractivity contribution is 5.74. The largest absolute Gasteiger partial charge is 0.508 e. The Balaban J connectivity index is 2.36. The van der Waals surface area contributed by atoms with Crippen LogP contribution in [0, 0.1) is 5.41 Å². The van der Waals surface area contributed by atoms with E-state index in [1.54, 1.807) is 19.1 Å². The van der Waals surface area contributed by atoms with Crippen LogP contribution < -0.4 is 10.6 Å². The molecule has 0 radical (unpaired) electrons. The maximum Gasteiger partial charge on any atom is 0.315 e. The molecule has 1 aromatic carbocycles. The molecule has 5 nitrogen and oxygen atoms in total. The fraction of sp³-hybridized carbons (Fsp3) is 0.588. The molecule has 0 saturated carbocycles. The van der Waals surface area contributed by atoms with Crippen molar-refractivity contribution in [2.24, 2.45) is 5.41 Å². The molecule has 2 atom stereocenters. The summed E-state index contributed by atoms with van der Waals surface area (Å²) in [5, 5.41) is 24.4. The molecule has 0 fully saturated rings. The number of phenolic OH excluding ortho intramolecular Hbond substituents is 1. The van der Waals surface area contributed by atoms with Crippen molar-refractivity contribution in [3.05, 3.63) is 29.8 Å². The normalized spacial score (nSPS) is 14.2. The first-order chi connectivity index (χ1) is 10.2. The molecule has 0 heterocycles. The molecule has 5 heteroatoms. The van der Waals surface area contributed by atoms with Crippen molar-refractivity contribution >= 4 is 6.03 Å². The van der Waals surface area contributed by atoms with Gasteiger partial charge in [0.25, 0.3) is 0 Å². The lowest BCUT2D eigenvalue weighted by Crippen LogP contribution is -2.45. The molecule has 0 aliphatic rings. The number of amides is 2. The van der Waals surface area contributed by atoms with Gasteiger partial charge in [0.2, 0.25) is 0 Å². The van der Waals surface area contributed by atoms with E-state index in [0.717, 1.165) is 5.56 Å². The van der Waals surface area contributed by atoms with Crippen molar-refractivity contribution < 1.29 is 15.0 Å². The Morgan fingerprint density at radius 2 is 1.82 bits per heavy atom. The summed E-state index contributed by atoms with van der Waals surface area (Å²) in [6.07, 6.45) is 0.953. The van der Waals surface area contributed by atoms with E-state index in [1.807, 2.05) is 32.9 Å². The standard InChI is InChI=1S/C17H28N2O3/c1-12(9-14-5-7-15(21)8-6-14)19-16(22)18-11-17(3,4)10-13(2)20/h5-8,12-13,20-21H,9-11H2,1-4H3,(H2,18,19,22).